The molecule has 32 heavy (non-hydrogen) atoms. The topological polar surface area (TPSA) is 49.4 Å². The van der Waals surface area contributed by atoms with Gasteiger partial charge in [-0.3, -0.25) is 9.59 Å². The van der Waals surface area contributed by atoms with Crippen molar-refractivity contribution in [2.24, 2.45) is 0 Å². The van der Waals surface area contributed by atoms with Crippen LogP contribution >= 0.6 is 58.2 Å². The van der Waals surface area contributed by atoms with Gasteiger partial charge in [-0.25, -0.2) is 0 Å². The number of amides is 2. The van der Waals surface area contributed by atoms with Crippen molar-refractivity contribution in [3.05, 3.63) is 67.6 Å². The summed E-state index contributed by atoms with van der Waals surface area (Å²) in [6.45, 7) is 5.76. The minimum atomic E-state index is -0.686. The Balaban J connectivity index is 2.15. The average molecular weight is 536 g/mol. The summed E-state index contributed by atoms with van der Waals surface area (Å²) in [6.07, 6.45) is 0.794. The molecule has 0 fully saturated rings. The van der Waals surface area contributed by atoms with E-state index in [4.69, 9.17) is 46.4 Å². The Hall–Kier alpha value is -1.11. The number of benzene rings is 2. The second-order valence-corrected chi connectivity index (χ2v) is 10.1. The highest BCUT2D eigenvalue weighted by molar-refractivity contribution is 7.99. The van der Waals surface area contributed by atoms with Crippen molar-refractivity contribution in [2.45, 2.75) is 51.6 Å². The van der Waals surface area contributed by atoms with Crippen LogP contribution in [0.15, 0.2) is 36.4 Å². The molecule has 2 atom stereocenters. The van der Waals surface area contributed by atoms with Crippen LogP contribution < -0.4 is 5.32 Å². The van der Waals surface area contributed by atoms with Crippen LogP contribution in [0, 0.1) is 0 Å². The number of rotatable bonds is 10. The van der Waals surface area contributed by atoms with Gasteiger partial charge in [-0.05, 0) is 50.1 Å². The van der Waals surface area contributed by atoms with Gasteiger partial charge in [0.25, 0.3) is 0 Å². The van der Waals surface area contributed by atoms with Crippen LogP contribution in [0.2, 0.25) is 20.1 Å². The molecule has 0 aliphatic heterocycles. The van der Waals surface area contributed by atoms with E-state index in [1.54, 1.807) is 37.3 Å². The Bertz CT molecular complexity index is 937. The minimum Gasteiger partial charge on any atom is -0.352 e. The van der Waals surface area contributed by atoms with Gasteiger partial charge in [0.15, 0.2) is 0 Å². The number of carbonyl (C=O) groups is 2. The van der Waals surface area contributed by atoms with Crippen molar-refractivity contribution in [1.82, 2.24) is 10.2 Å². The lowest BCUT2D eigenvalue weighted by Gasteiger charge is -2.30. The standard InChI is InChI=1S/C23H26Cl4N2O2S/c1-4-14(2)28-23(31)15(3)29(11-17-18(24)6-5-7-19(17)25)22(30)13-32-12-16-8-9-20(26)21(27)10-16/h5-10,14-15H,4,11-13H2,1-3H3,(H,28,31)/t14-,15-/m1/s1. The Kier molecular flexibility index (Phi) is 11.0. The van der Waals surface area contributed by atoms with Gasteiger partial charge in [0, 0.05) is 33.9 Å². The fourth-order valence-electron chi connectivity index (χ4n) is 2.87. The van der Waals surface area contributed by atoms with Crippen LogP contribution in [0.1, 0.15) is 38.3 Å². The Morgan fingerprint density at radius 2 is 1.66 bits per heavy atom. The quantitative estimate of drug-likeness (QED) is 0.361. The molecule has 0 unspecified atom stereocenters. The number of hydrogen-bond acceptors (Lipinski definition) is 3. The molecule has 0 heterocycles. The lowest BCUT2D eigenvalue weighted by atomic mass is 10.1. The van der Waals surface area contributed by atoms with E-state index in [0.29, 0.717) is 31.4 Å². The zero-order valence-corrected chi connectivity index (χ0v) is 22.0. The summed E-state index contributed by atoms with van der Waals surface area (Å²) in [5.41, 5.74) is 1.57. The third-order valence-corrected chi connectivity index (χ3v) is 7.47. The van der Waals surface area contributed by atoms with E-state index in [2.05, 4.69) is 5.32 Å². The van der Waals surface area contributed by atoms with E-state index < -0.39 is 6.04 Å². The molecular weight excluding hydrogens is 510 g/mol. The lowest BCUT2D eigenvalue weighted by molar-refractivity contribution is -0.138. The van der Waals surface area contributed by atoms with Crippen LogP contribution in [0.5, 0.6) is 0 Å². The number of nitrogens with zero attached hydrogens (tertiary/aromatic N) is 1. The van der Waals surface area contributed by atoms with E-state index in [0.717, 1.165) is 12.0 Å². The summed E-state index contributed by atoms with van der Waals surface area (Å²) in [7, 11) is 0. The maximum atomic E-state index is 13.2. The predicted molar refractivity (Wildman–Crippen MR) is 137 cm³/mol. The smallest absolute Gasteiger partial charge is 0.242 e. The molecule has 4 nitrogen and oxygen atoms in total. The van der Waals surface area contributed by atoms with Crippen molar-refractivity contribution in [1.29, 1.82) is 0 Å². The molecule has 9 heteroatoms. The van der Waals surface area contributed by atoms with E-state index in [9.17, 15) is 9.59 Å². The van der Waals surface area contributed by atoms with Gasteiger partial charge in [0.2, 0.25) is 11.8 Å². The van der Waals surface area contributed by atoms with Crippen LogP contribution in [0.3, 0.4) is 0 Å². The zero-order valence-electron chi connectivity index (χ0n) is 18.1. The van der Waals surface area contributed by atoms with Gasteiger partial charge in [-0.1, -0.05) is 65.5 Å². The van der Waals surface area contributed by atoms with Gasteiger partial charge in [0.1, 0.15) is 6.04 Å². The lowest BCUT2D eigenvalue weighted by Crippen LogP contribution is -2.50. The Morgan fingerprint density at radius 1 is 1.00 bits per heavy atom. The number of carbonyl (C=O) groups excluding carboxylic acids is 2. The first-order valence-corrected chi connectivity index (χ1v) is 12.8. The zero-order chi connectivity index (χ0) is 23.8. The van der Waals surface area contributed by atoms with E-state index in [-0.39, 0.29) is 30.2 Å². The molecule has 174 valence electrons. The minimum absolute atomic E-state index is 0.00910. The molecule has 2 amide bonds. The molecule has 1 N–H and O–H groups in total. The number of halogens is 4. The van der Waals surface area contributed by atoms with Crippen LogP contribution in [-0.2, 0) is 21.9 Å². The first kappa shape index (κ1) is 27.1. The summed E-state index contributed by atoms with van der Waals surface area (Å²) < 4.78 is 0. The van der Waals surface area contributed by atoms with Crippen molar-refractivity contribution in [3.8, 4) is 0 Å². The number of thioether (sulfide) groups is 1. The highest BCUT2D eigenvalue weighted by Gasteiger charge is 2.28. The number of hydrogen-bond donors (Lipinski definition) is 1. The van der Waals surface area contributed by atoms with Crippen LogP contribution in [-0.4, -0.2) is 34.6 Å². The maximum Gasteiger partial charge on any atom is 0.242 e. The maximum absolute atomic E-state index is 13.2. The van der Waals surface area contributed by atoms with Gasteiger partial charge < -0.3 is 10.2 Å². The van der Waals surface area contributed by atoms with E-state index in [1.165, 1.54) is 16.7 Å². The molecule has 0 saturated carbocycles. The van der Waals surface area contributed by atoms with Crippen molar-refractivity contribution in [3.63, 3.8) is 0 Å². The molecular formula is C23H26Cl4N2O2S. The second kappa shape index (κ2) is 13.0. The number of nitrogens with one attached hydrogen (secondary N) is 1. The first-order chi connectivity index (χ1) is 15.1. The van der Waals surface area contributed by atoms with Gasteiger partial charge >= 0.3 is 0 Å². The fourth-order valence-corrected chi connectivity index (χ4v) is 4.57. The SMILES string of the molecule is CC[C@@H](C)NC(=O)[C@@H](C)N(Cc1c(Cl)cccc1Cl)C(=O)CSCc1ccc(Cl)c(Cl)c1. The summed E-state index contributed by atoms with van der Waals surface area (Å²) in [5, 5.41) is 4.80. The molecule has 0 saturated heterocycles. The molecule has 0 aliphatic rings. The average Bonchev–Trinajstić information content (AvgIpc) is 2.75. The highest BCUT2D eigenvalue weighted by Crippen LogP contribution is 2.28. The van der Waals surface area contributed by atoms with Crippen LogP contribution in [0.4, 0.5) is 0 Å². The second-order valence-electron chi connectivity index (χ2n) is 7.46. The fraction of sp³-hybridized carbons (Fsp3) is 0.391. The molecule has 2 rings (SSSR count). The molecule has 2 aromatic rings. The molecule has 0 radical (unpaired) electrons. The van der Waals surface area contributed by atoms with Crippen molar-refractivity contribution >= 4 is 70.0 Å². The summed E-state index contributed by atoms with van der Waals surface area (Å²) in [5.74, 6) is 0.364. The van der Waals surface area contributed by atoms with E-state index in [1.807, 2.05) is 19.9 Å². The molecule has 0 aromatic heterocycles. The first-order valence-electron chi connectivity index (χ1n) is 10.2. The largest absolute Gasteiger partial charge is 0.352 e. The Labute approximate surface area is 213 Å². The predicted octanol–water partition coefficient (Wildman–Crippen LogP) is 6.87. The Morgan fingerprint density at radius 3 is 2.25 bits per heavy atom. The van der Waals surface area contributed by atoms with E-state index >= 15 is 0 Å². The molecule has 0 bridgehead atoms. The van der Waals surface area contributed by atoms with Crippen molar-refractivity contribution in [2.75, 3.05) is 5.75 Å². The molecule has 0 spiro atoms. The van der Waals surface area contributed by atoms with Crippen molar-refractivity contribution < 1.29 is 9.59 Å². The van der Waals surface area contributed by atoms with Gasteiger partial charge in [0.05, 0.1) is 15.8 Å². The highest BCUT2D eigenvalue weighted by atomic mass is 35.5. The van der Waals surface area contributed by atoms with Gasteiger partial charge in [-0.15, -0.1) is 11.8 Å². The van der Waals surface area contributed by atoms with Crippen LogP contribution in [0.25, 0.3) is 0 Å². The third kappa shape index (κ3) is 7.74. The van der Waals surface area contributed by atoms with Gasteiger partial charge in [-0.2, -0.15) is 0 Å². The summed E-state index contributed by atoms with van der Waals surface area (Å²) in [6, 6.07) is 9.88. The normalized spacial score (nSPS) is 12.8. The third-order valence-electron chi connectivity index (χ3n) is 5.04. The summed E-state index contributed by atoms with van der Waals surface area (Å²) in [4.78, 5) is 27.5. The summed E-state index contributed by atoms with van der Waals surface area (Å²) >= 11 is 26.1. The monoisotopic (exact) mass is 534 g/mol. The molecule has 2 aromatic carbocycles. The molecule has 0 aliphatic carbocycles.